The first kappa shape index (κ1) is 21.3. The molecule has 3 N–H and O–H groups in total. The van der Waals surface area contributed by atoms with E-state index in [0.29, 0.717) is 17.7 Å². The van der Waals surface area contributed by atoms with Crippen LogP contribution in [0.4, 0.5) is 0 Å². The van der Waals surface area contributed by atoms with Crippen LogP contribution in [0.15, 0.2) is 58.2 Å². The van der Waals surface area contributed by atoms with Crippen LogP contribution in [0.1, 0.15) is 54.6 Å². The maximum absolute atomic E-state index is 11.9. The van der Waals surface area contributed by atoms with Gasteiger partial charge in [-0.05, 0) is 49.8 Å². The summed E-state index contributed by atoms with van der Waals surface area (Å²) in [6, 6.07) is 14.0. The van der Waals surface area contributed by atoms with Gasteiger partial charge in [-0.25, -0.2) is 0 Å². The van der Waals surface area contributed by atoms with Crippen molar-refractivity contribution in [3.05, 3.63) is 71.1 Å². The van der Waals surface area contributed by atoms with Crippen molar-refractivity contribution < 1.29 is 19.5 Å². The molecule has 0 fully saturated rings. The zero-order valence-electron chi connectivity index (χ0n) is 18.5. The highest BCUT2D eigenvalue weighted by molar-refractivity contribution is 6.04. The van der Waals surface area contributed by atoms with Crippen molar-refractivity contribution in [3.8, 4) is 0 Å². The van der Waals surface area contributed by atoms with E-state index in [1.54, 1.807) is 0 Å². The number of aromatic nitrogens is 1. The number of aromatic amines is 1. The van der Waals surface area contributed by atoms with Gasteiger partial charge >= 0.3 is 5.97 Å². The minimum Gasteiger partial charge on any atom is -0.481 e. The first-order valence-corrected chi connectivity index (χ1v) is 11.7. The van der Waals surface area contributed by atoms with Crippen LogP contribution < -0.4 is 0 Å². The summed E-state index contributed by atoms with van der Waals surface area (Å²) in [6.07, 6.45) is 8.46. The van der Waals surface area contributed by atoms with Gasteiger partial charge in [0.05, 0.1) is 11.6 Å². The van der Waals surface area contributed by atoms with Gasteiger partial charge in [0.1, 0.15) is 11.3 Å². The van der Waals surface area contributed by atoms with Crippen LogP contribution in [-0.4, -0.2) is 27.0 Å². The molecule has 6 heteroatoms. The Morgan fingerprint density at radius 3 is 2.85 bits per heavy atom. The molecule has 1 unspecified atom stereocenters. The van der Waals surface area contributed by atoms with E-state index in [9.17, 15) is 15.1 Å². The van der Waals surface area contributed by atoms with Crippen LogP contribution in [0, 0.1) is 5.92 Å². The first-order chi connectivity index (χ1) is 16.1. The SMILES string of the molecule is O=C(O)C(CCCCc1c[nH]c2ccccc12)CC(=NO)c1ccc2c3c(oc2c1)CCC3. The van der Waals surface area contributed by atoms with Crippen molar-refractivity contribution in [2.75, 3.05) is 0 Å². The Balaban J connectivity index is 1.22. The lowest BCUT2D eigenvalue weighted by Crippen LogP contribution is -2.19. The number of H-pyrrole nitrogens is 1. The third-order valence-corrected chi connectivity index (χ3v) is 6.87. The zero-order chi connectivity index (χ0) is 22.8. The predicted molar refractivity (Wildman–Crippen MR) is 128 cm³/mol. The van der Waals surface area contributed by atoms with Crippen molar-refractivity contribution in [1.82, 2.24) is 4.98 Å². The summed E-state index contributed by atoms with van der Waals surface area (Å²) in [4.78, 5) is 15.2. The van der Waals surface area contributed by atoms with E-state index in [1.807, 2.05) is 36.5 Å². The minimum absolute atomic E-state index is 0.185. The maximum atomic E-state index is 11.9. The molecular weight excluding hydrogens is 416 g/mol. The Kier molecular flexibility index (Phi) is 5.90. The van der Waals surface area contributed by atoms with Gasteiger partial charge in [0.25, 0.3) is 0 Å². The number of hydrogen-bond acceptors (Lipinski definition) is 4. The molecule has 0 saturated carbocycles. The number of hydrogen-bond donors (Lipinski definition) is 3. The van der Waals surface area contributed by atoms with Gasteiger partial charge in [-0.2, -0.15) is 0 Å². The summed E-state index contributed by atoms with van der Waals surface area (Å²) in [5.74, 6) is -0.416. The quantitative estimate of drug-likeness (QED) is 0.126. The van der Waals surface area contributed by atoms with Crippen molar-refractivity contribution in [1.29, 1.82) is 0 Å². The maximum Gasteiger partial charge on any atom is 0.306 e. The average Bonchev–Trinajstić information content (AvgIpc) is 3.53. The van der Waals surface area contributed by atoms with Gasteiger partial charge < -0.3 is 19.7 Å². The Labute approximate surface area is 191 Å². The molecule has 2 aromatic carbocycles. The number of benzene rings is 2. The van der Waals surface area contributed by atoms with Crippen molar-refractivity contribution >= 4 is 33.6 Å². The number of furan rings is 1. The molecule has 6 nitrogen and oxygen atoms in total. The number of unbranched alkanes of at least 4 members (excludes halogenated alkanes) is 1. The van der Waals surface area contributed by atoms with E-state index in [-0.39, 0.29) is 6.42 Å². The fraction of sp³-hybridized carbons (Fsp3) is 0.333. The fourth-order valence-corrected chi connectivity index (χ4v) is 5.09. The molecule has 0 spiro atoms. The molecule has 2 heterocycles. The number of fused-ring (bicyclic) bond motifs is 4. The second kappa shape index (κ2) is 9.14. The van der Waals surface area contributed by atoms with Crippen molar-refractivity contribution in [3.63, 3.8) is 0 Å². The van der Waals surface area contributed by atoms with E-state index in [0.717, 1.165) is 60.8 Å². The number of oxime groups is 1. The number of carbonyl (C=O) groups is 1. The van der Waals surface area contributed by atoms with E-state index >= 15 is 0 Å². The highest BCUT2D eigenvalue weighted by atomic mass is 16.4. The number of rotatable bonds is 9. The lowest BCUT2D eigenvalue weighted by Gasteiger charge is -2.13. The molecule has 0 bridgehead atoms. The largest absolute Gasteiger partial charge is 0.481 e. The Morgan fingerprint density at radius 2 is 2.00 bits per heavy atom. The second-order valence-electron chi connectivity index (χ2n) is 8.96. The first-order valence-electron chi connectivity index (χ1n) is 11.7. The number of aryl methyl sites for hydroxylation is 3. The van der Waals surface area contributed by atoms with Gasteiger partial charge in [0.2, 0.25) is 0 Å². The standard InChI is InChI=1S/C27H28N2O4/c30-27(31)18(6-1-2-7-19-16-28-23-10-4-3-8-20(19)23)14-24(29-32)17-12-13-22-21-9-5-11-25(21)33-26(22)15-17/h3-4,8,10,12-13,15-16,18,28,32H,1-2,5-7,9,11,14H2,(H,30,31). The normalized spacial score (nSPS) is 14.7. The monoisotopic (exact) mass is 444 g/mol. The van der Waals surface area contributed by atoms with Crippen LogP contribution in [0.2, 0.25) is 0 Å². The molecule has 0 amide bonds. The molecule has 1 aliphatic carbocycles. The summed E-state index contributed by atoms with van der Waals surface area (Å²) in [6.45, 7) is 0. The number of carboxylic acid groups (broad SMARTS) is 1. The average molecular weight is 445 g/mol. The van der Waals surface area contributed by atoms with Gasteiger partial charge in [0, 0.05) is 46.5 Å². The Hall–Kier alpha value is -3.54. The lowest BCUT2D eigenvalue weighted by atomic mass is 9.92. The fourth-order valence-electron chi connectivity index (χ4n) is 5.09. The highest BCUT2D eigenvalue weighted by Gasteiger charge is 2.23. The van der Waals surface area contributed by atoms with Gasteiger partial charge in [0.15, 0.2) is 0 Å². The lowest BCUT2D eigenvalue weighted by molar-refractivity contribution is -0.141. The Bertz CT molecular complexity index is 1330. The highest BCUT2D eigenvalue weighted by Crippen LogP contribution is 2.33. The predicted octanol–water partition coefficient (Wildman–Crippen LogP) is 6.09. The third kappa shape index (κ3) is 4.25. The van der Waals surface area contributed by atoms with E-state index in [4.69, 9.17) is 4.42 Å². The summed E-state index contributed by atoms with van der Waals surface area (Å²) >= 11 is 0. The van der Waals surface area contributed by atoms with Gasteiger partial charge in [-0.15, -0.1) is 0 Å². The van der Waals surface area contributed by atoms with Crippen molar-refractivity contribution in [2.24, 2.45) is 11.1 Å². The second-order valence-corrected chi connectivity index (χ2v) is 8.96. The zero-order valence-corrected chi connectivity index (χ0v) is 18.5. The van der Waals surface area contributed by atoms with E-state index < -0.39 is 11.9 Å². The number of nitrogens with one attached hydrogen (secondary N) is 1. The molecule has 0 radical (unpaired) electrons. The van der Waals surface area contributed by atoms with Crippen LogP contribution >= 0.6 is 0 Å². The van der Waals surface area contributed by atoms with Crippen molar-refractivity contribution in [2.45, 2.75) is 51.4 Å². The summed E-state index contributed by atoms with van der Waals surface area (Å²) in [5.41, 5.74) is 5.54. The number of aliphatic carboxylic acids is 1. The molecule has 1 atom stereocenters. The minimum atomic E-state index is -0.860. The number of carboxylic acids is 1. The summed E-state index contributed by atoms with van der Waals surface area (Å²) in [5, 5.41) is 25.2. The van der Waals surface area contributed by atoms with Crippen LogP contribution in [-0.2, 0) is 24.1 Å². The molecular formula is C27H28N2O4. The molecule has 2 aromatic heterocycles. The molecule has 1 aliphatic rings. The van der Waals surface area contributed by atoms with Crippen LogP contribution in [0.5, 0.6) is 0 Å². The van der Waals surface area contributed by atoms with E-state index in [2.05, 4.69) is 22.3 Å². The molecule has 33 heavy (non-hydrogen) atoms. The Morgan fingerprint density at radius 1 is 1.12 bits per heavy atom. The van der Waals surface area contributed by atoms with Gasteiger partial charge in [-0.3, -0.25) is 4.79 Å². The van der Waals surface area contributed by atoms with Gasteiger partial charge in [-0.1, -0.05) is 41.9 Å². The molecule has 4 aromatic rings. The number of nitrogens with zero attached hydrogens (tertiary/aromatic N) is 1. The summed E-state index contributed by atoms with van der Waals surface area (Å²) < 4.78 is 5.99. The molecule has 0 aliphatic heterocycles. The molecule has 0 saturated heterocycles. The smallest absolute Gasteiger partial charge is 0.306 e. The van der Waals surface area contributed by atoms with Crippen LogP contribution in [0.25, 0.3) is 21.9 Å². The molecule has 170 valence electrons. The topological polar surface area (TPSA) is 98.8 Å². The summed E-state index contributed by atoms with van der Waals surface area (Å²) in [7, 11) is 0. The third-order valence-electron chi connectivity index (χ3n) is 6.87. The molecule has 5 rings (SSSR count). The van der Waals surface area contributed by atoms with E-state index in [1.165, 1.54) is 16.5 Å². The number of para-hydroxylation sites is 1. The van der Waals surface area contributed by atoms with Crippen LogP contribution in [0.3, 0.4) is 0 Å².